The van der Waals surface area contributed by atoms with Crippen LogP contribution in [0.25, 0.3) is 11.0 Å². The minimum atomic E-state index is -0.106. The summed E-state index contributed by atoms with van der Waals surface area (Å²) in [6.07, 6.45) is 2.63. The minimum absolute atomic E-state index is 0.106. The van der Waals surface area contributed by atoms with Crippen LogP contribution in [0.4, 0.5) is 4.79 Å². The van der Waals surface area contributed by atoms with E-state index in [4.69, 9.17) is 11.6 Å². The molecule has 0 aliphatic carbocycles. The maximum absolute atomic E-state index is 11.8. The second-order valence-electron chi connectivity index (χ2n) is 5.52. The quantitative estimate of drug-likeness (QED) is 0.693. The van der Waals surface area contributed by atoms with Crippen molar-refractivity contribution in [2.45, 2.75) is 25.3 Å². The molecular weight excluding hydrogens is 302 g/mol. The molecule has 0 radical (unpaired) electrons. The van der Waals surface area contributed by atoms with E-state index >= 15 is 0 Å². The van der Waals surface area contributed by atoms with E-state index in [1.807, 2.05) is 18.2 Å². The lowest BCUT2D eigenvalue weighted by Crippen LogP contribution is -2.47. The van der Waals surface area contributed by atoms with Gasteiger partial charge in [-0.2, -0.15) is 0 Å². The van der Waals surface area contributed by atoms with Crippen LogP contribution in [0.5, 0.6) is 0 Å². The van der Waals surface area contributed by atoms with Gasteiger partial charge in [-0.05, 0) is 44.1 Å². The second kappa shape index (κ2) is 6.98. The van der Waals surface area contributed by atoms with E-state index in [2.05, 4.69) is 25.9 Å². The fraction of sp³-hybridized carbons (Fsp3) is 0.467. The van der Waals surface area contributed by atoms with Crippen molar-refractivity contribution in [2.24, 2.45) is 0 Å². The molecule has 1 aromatic carbocycles. The molecule has 1 aromatic heterocycles. The molecule has 22 heavy (non-hydrogen) atoms. The SMILES string of the molecule is O=C(NCCc1nc2ccc(Cl)cc2[nH]1)NC1CCNCC1. The Morgan fingerprint density at radius 2 is 2.18 bits per heavy atom. The van der Waals surface area contributed by atoms with E-state index < -0.39 is 0 Å². The van der Waals surface area contributed by atoms with E-state index in [1.165, 1.54) is 0 Å². The molecule has 1 aliphatic rings. The Bertz CT molecular complexity index is 650. The predicted molar refractivity (Wildman–Crippen MR) is 87.2 cm³/mol. The van der Waals surface area contributed by atoms with Crippen molar-refractivity contribution in [3.63, 3.8) is 0 Å². The molecule has 7 heteroatoms. The summed E-state index contributed by atoms with van der Waals surface area (Å²) in [5, 5.41) is 9.84. The van der Waals surface area contributed by atoms with Crippen molar-refractivity contribution < 1.29 is 4.79 Å². The molecule has 2 aromatic rings. The van der Waals surface area contributed by atoms with Crippen molar-refractivity contribution >= 4 is 28.7 Å². The number of hydrogen-bond acceptors (Lipinski definition) is 3. The van der Waals surface area contributed by atoms with Gasteiger partial charge in [-0.25, -0.2) is 9.78 Å². The zero-order chi connectivity index (χ0) is 15.4. The van der Waals surface area contributed by atoms with Gasteiger partial charge in [0.1, 0.15) is 5.82 Å². The molecule has 3 rings (SSSR count). The largest absolute Gasteiger partial charge is 0.342 e. The van der Waals surface area contributed by atoms with Gasteiger partial charge in [-0.15, -0.1) is 0 Å². The fourth-order valence-electron chi connectivity index (χ4n) is 2.65. The van der Waals surface area contributed by atoms with E-state index in [-0.39, 0.29) is 12.1 Å². The van der Waals surface area contributed by atoms with Gasteiger partial charge in [0, 0.05) is 24.0 Å². The Morgan fingerprint density at radius 1 is 1.36 bits per heavy atom. The molecule has 0 saturated carbocycles. The molecule has 1 fully saturated rings. The van der Waals surface area contributed by atoms with E-state index in [1.54, 1.807) is 0 Å². The van der Waals surface area contributed by atoms with E-state index in [0.29, 0.717) is 18.0 Å². The van der Waals surface area contributed by atoms with Gasteiger partial charge in [-0.1, -0.05) is 11.6 Å². The van der Waals surface area contributed by atoms with Gasteiger partial charge in [0.25, 0.3) is 0 Å². The van der Waals surface area contributed by atoms with Crippen LogP contribution in [0.3, 0.4) is 0 Å². The summed E-state index contributed by atoms with van der Waals surface area (Å²) in [5.41, 5.74) is 1.81. The molecule has 2 amide bonds. The number of nitrogens with one attached hydrogen (secondary N) is 4. The first-order valence-electron chi connectivity index (χ1n) is 7.60. The number of imidazole rings is 1. The number of aromatic amines is 1. The first-order valence-corrected chi connectivity index (χ1v) is 7.98. The van der Waals surface area contributed by atoms with Gasteiger partial charge in [0.15, 0.2) is 0 Å². The topological polar surface area (TPSA) is 81.8 Å². The molecule has 6 nitrogen and oxygen atoms in total. The van der Waals surface area contributed by atoms with E-state index in [9.17, 15) is 4.79 Å². The summed E-state index contributed by atoms with van der Waals surface area (Å²) in [6.45, 7) is 2.48. The number of aromatic nitrogens is 2. The number of amides is 2. The number of H-pyrrole nitrogens is 1. The molecule has 4 N–H and O–H groups in total. The maximum Gasteiger partial charge on any atom is 0.315 e. The van der Waals surface area contributed by atoms with Crippen LogP contribution in [0, 0.1) is 0 Å². The van der Waals surface area contributed by atoms with Crippen LogP contribution in [0.2, 0.25) is 5.02 Å². The molecule has 0 spiro atoms. The van der Waals surface area contributed by atoms with Gasteiger partial charge in [0.05, 0.1) is 11.0 Å². The number of carbonyl (C=O) groups is 1. The van der Waals surface area contributed by atoms with Crippen molar-refractivity contribution in [3.8, 4) is 0 Å². The molecule has 0 bridgehead atoms. The summed E-state index contributed by atoms with van der Waals surface area (Å²) < 4.78 is 0. The molecule has 0 atom stereocenters. The number of hydrogen-bond donors (Lipinski definition) is 4. The molecule has 118 valence electrons. The van der Waals surface area contributed by atoms with Gasteiger partial charge in [-0.3, -0.25) is 0 Å². The first-order chi connectivity index (χ1) is 10.7. The number of benzene rings is 1. The highest BCUT2D eigenvalue weighted by atomic mass is 35.5. The first kappa shape index (κ1) is 15.1. The number of urea groups is 1. The highest BCUT2D eigenvalue weighted by molar-refractivity contribution is 6.31. The lowest BCUT2D eigenvalue weighted by atomic mass is 10.1. The van der Waals surface area contributed by atoms with Crippen molar-refractivity contribution in [1.29, 1.82) is 0 Å². The zero-order valence-electron chi connectivity index (χ0n) is 12.3. The summed E-state index contributed by atoms with van der Waals surface area (Å²) in [7, 11) is 0. The summed E-state index contributed by atoms with van der Waals surface area (Å²) in [5.74, 6) is 0.847. The Morgan fingerprint density at radius 3 is 3.00 bits per heavy atom. The Hall–Kier alpha value is -1.79. The number of piperidine rings is 1. The third-order valence-electron chi connectivity index (χ3n) is 3.81. The van der Waals surface area contributed by atoms with Gasteiger partial charge in [0.2, 0.25) is 0 Å². The minimum Gasteiger partial charge on any atom is -0.342 e. The highest BCUT2D eigenvalue weighted by Crippen LogP contribution is 2.17. The number of halogens is 1. The van der Waals surface area contributed by atoms with Crippen molar-refractivity contribution in [2.75, 3.05) is 19.6 Å². The van der Waals surface area contributed by atoms with E-state index in [0.717, 1.165) is 42.8 Å². The molecule has 0 unspecified atom stereocenters. The lowest BCUT2D eigenvalue weighted by Gasteiger charge is -2.23. The van der Waals surface area contributed by atoms with Crippen molar-refractivity contribution in [3.05, 3.63) is 29.0 Å². The monoisotopic (exact) mass is 321 g/mol. The number of nitrogens with zero attached hydrogens (tertiary/aromatic N) is 1. The molecule has 2 heterocycles. The maximum atomic E-state index is 11.8. The van der Waals surface area contributed by atoms with Crippen LogP contribution in [0.1, 0.15) is 18.7 Å². The number of carbonyl (C=O) groups excluding carboxylic acids is 1. The number of rotatable bonds is 4. The highest BCUT2D eigenvalue weighted by Gasteiger charge is 2.14. The summed E-state index contributed by atoms with van der Waals surface area (Å²) in [6, 6.07) is 5.72. The van der Waals surface area contributed by atoms with Crippen LogP contribution in [-0.4, -0.2) is 41.7 Å². The number of fused-ring (bicyclic) bond motifs is 1. The third-order valence-corrected chi connectivity index (χ3v) is 4.05. The standard InChI is InChI=1S/C15H20ClN5O/c16-10-1-2-12-13(9-10)21-14(20-12)5-8-18-15(22)19-11-3-6-17-7-4-11/h1-2,9,11,17H,3-8H2,(H,20,21)(H2,18,19,22). The third kappa shape index (κ3) is 3.90. The Kier molecular flexibility index (Phi) is 4.80. The molecule has 1 aliphatic heterocycles. The summed E-state index contributed by atoms with van der Waals surface area (Å²) >= 11 is 5.95. The average Bonchev–Trinajstić information content (AvgIpc) is 2.90. The van der Waals surface area contributed by atoms with Gasteiger partial charge < -0.3 is 20.9 Å². The van der Waals surface area contributed by atoms with Crippen LogP contribution in [0.15, 0.2) is 18.2 Å². The molecule has 1 saturated heterocycles. The van der Waals surface area contributed by atoms with Crippen molar-refractivity contribution in [1.82, 2.24) is 25.9 Å². The Labute approximate surface area is 134 Å². The van der Waals surface area contributed by atoms with Crippen LogP contribution >= 0.6 is 11.6 Å². The molecular formula is C15H20ClN5O. The Balaban J connectivity index is 1.46. The van der Waals surface area contributed by atoms with Crippen LogP contribution in [-0.2, 0) is 6.42 Å². The summed E-state index contributed by atoms with van der Waals surface area (Å²) in [4.78, 5) is 19.5. The second-order valence-corrected chi connectivity index (χ2v) is 5.96. The predicted octanol–water partition coefficient (Wildman–Crippen LogP) is 1.81. The smallest absolute Gasteiger partial charge is 0.315 e. The average molecular weight is 322 g/mol. The fourth-order valence-corrected chi connectivity index (χ4v) is 2.82. The lowest BCUT2D eigenvalue weighted by molar-refractivity contribution is 0.233. The van der Waals surface area contributed by atoms with Gasteiger partial charge >= 0.3 is 6.03 Å². The van der Waals surface area contributed by atoms with Crippen LogP contribution < -0.4 is 16.0 Å². The zero-order valence-corrected chi connectivity index (χ0v) is 13.0. The normalized spacial score (nSPS) is 15.9.